The quantitative estimate of drug-likeness (QED) is 0.576. The number of amides is 1. The average Bonchev–Trinajstić information content (AvgIpc) is 2.66. The van der Waals surface area contributed by atoms with Crippen LogP contribution in [-0.4, -0.2) is 17.5 Å². The molecular weight excluding hydrogens is 350 g/mol. The highest BCUT2D eigenvalue weighted by atomic mass is 35.5. The molecule has 0 fully saturated rings. The first-order chi connectivity index (χ1) is 12.6. The van der Waals surface area contributed by atoms with E-state index in [1.165, 1.54) is 12.1 Å². The Hall–Kier alpha value is -3.24. The van der Waals surface area contributed by atoms with Crippen molar-refractivity contribution in [2.24, 2.45) is 0 Å². The normalized spacial score (nSPS) is 12.3. The minimum absolute atomic E-state index is 0.169. The SMILES string of the molecule is O=C(Nc1cc(Cl)cc2c1C(=O)c1ccccc1C2=O)c1ccccc1. The van der Waals surface area contributed by atoms with Gasteiger partial charge in [0.25, 0.3) is 5.91 Å². The molecule has 1 aliphatic carbocycles. The molecule has 0 unspecified atom stereocenters. The first-order valence-electron chi connectivity index (χ1n) is 7.94. The van der Waals surface area contributed by atoms with E-state index in [9.17, 15) is 14.4 Å². The molecule has 4 rings (SSSR count). The number of rotatable bonds is 2. The fourth-order valence-corrected chi connectivity index (χ4v) is 3.29. The molecule has 3 aromatic carbocycles. The van der Waals surface area contributed by atoms with Crippen molar-refractivity contribution >= 4 is 34.8 Å². The summed E-state index contributed by atoms with van der Waals surface area (Å²) in [5, 5.41) is 2.98. The molecule has 0 aliphatic heterocycles. The van der Waals surface area contributed by atoms with Gasteiger partial charge in [-0.2, -0.15) is 0 Å². The van der Waals surface area contributed by atoms with Gasteiger partial charge in [-0.15, -0.1) is 0 Å². The van der Waals surface area contributed by atoms with Gasteiger partial charge in [-0.1, -0.05) is 54.1 Å². The van der Waals surface area contributed by atoms with E-state index in [0.717, 1.165) is 0 Å². The molecule has 0 saturated heterocycles. The lowest BCUT2D eigenvalue weighted by atomic mass is 9.83. The molecule has 3 aromatic rings. The van der Waals surface area contributed by atoms with Crippen LogP contribution >= 0.6 is 11.6 Å². The van der Waals surface area contributed by atoms with Crippen LogP contribution in [0, 0.1) is 0 Å². The molecule has 0 bridgehead atoms. The molecular formula is C21H12ClNO3. The summed E-state index contributed by atoms with van der Waals surface area (Å²) in [7, 11) is 0. The van der Waals surface area contributed by atoms with Gasteiger partial charge in [-0.25, -0.2) is 0 Å². The maximum absolute atomic E-state index is 13.0. The van der Waals surface area contributed by atoms with Gasteiger partial charge in [-0.3, -0.25) is 14.4 Å². The van der Waals surface area contributed by atoms with Crippen molar-refractivity contribution < 1.29 is 14.4 Å². The Morgan fingerprint density at radius 3 is 2.08 bits per heavy atom. The molecule has 0 spiro atoms. The minimum atomic E-state index is -0.380. The lowest BCUT2D eigenvalue weighted by Gasteiger charge is -2.21. The average molecular weight is 362 g/mol. The lowest BCUT2D eigenvalue weighted by molar-refractivity contribution is 0.0978. The monoisotopic (exact) mass is 361 g/mol. The van der Waals surface area contributed by atoms with Gasteiger partial charge in [0.15, 0.2) is 11.6 Å². The van der Waals surface area contributed by atoms with E-state index in [-0.39, 0.29) is 39.3 Å². The molecule has 1 aliphatic rings. The van der Waals surface area contributed by atoms with Crippen molar-refractivity contribution in [2.75, 3.05) is 5.32 Å². The highest BCUT2D eigenvalue weighted by Crippen LogP contribution is 2.34. The van der Waals surface area contributed by atoms with E-state index in [0.29, 0.717) is 16.7 Å². The number of carbonyl (C=O) groups excluding carboxylic acids is 3. The van der Waals surface area contributed by atoms with Gasteiger partial charge in [0.05, 0.1) is 11.3 Å². The van der Waals surface area contributed by atoms with E-state index in [1.54, 1.807) is 54.6 Å². The Kier molecular flexibility index (Phi) is 3.90. The summed E-state index contributed by atoms with van der Waals surface area (Å²) in [6.07, 6.45) is 0. The number of anilines is 1. The third kappa shape index (κ3) is 2.61. The zero-order valence-electron chi connectivity index (χ0n) is 13.5. The summed E-state index contributed by atoms with van der Waals surface area (Å²) < 4.78 is 0. The van der Waals surface area contributed by atoms with Crippen LogP contribution in [0.5, 0.6) is 0 Å². The van der Waals surface area contributed by atoms with Crippen LogP contribution in [0.25, 0.3) is 0 Å². The number of nitrogens with one attached hydrogen (secondary N) is 1. The van der Waals surface area contributed by atoms with Gasteiger partial charge in [0, 0.05) is 27.3 Å². The predicted octanol–water partition coefficient (Wildman–Crippen LogP) is 4.37. The van der Waals surface area contributed by atoms with Crippen molar-refractivity contribution in [2.45, 2.75) is 0 Å². The Balaban J connectivity index is 1.83. The third-order valence-corrected chi connectivity index (χ3v) is 4.49. The van der Waals surface area contributed by atoms with Crippen LogP contribution in [0.1, 0.15) is 42.2 Å². The molecule has 1 N–H and O–H groups in total. The van der Waals surface area contributed by atoms with Gasteiger partial charge in [0.1, 0.15) is 0 Å². The van der Waals surface area contributed by atoms with Crippen LogP contribution in [0.4, 0.5) is 5.69 Å². The Morgan fingerprint density at radius 1 is 0.769 bits per heavy atom. The second-order valence-corrected chi connectivity index (χ2v) is 6.34. The van der Waals surface area contributed by atoms with Crippen LogP contribution in [0.2, 0.25) is 5.02 Å². The maximum Gasteiger partial charge on any atom is 0.255 e. The van der Waals surface area contributed by atoms with Gasteiger partial charge < -0.3 is 5.32 Å². The lowest BCUT2D eigenvalue weighted by Crippen LogP contribution is -2.24. The van der Waals surface area contributed by atoms with Crippen molar-refractivity contribution in [1.29, 1.82) is 0 Å². The van der Waals surface area contributed by atoms with Gasteiger partial charge >= 0.3 is 0 Å². The zero-order chi connectivity index (χ0) is 18.3. The van der Waals surface area contributed by atoms with Crippen molar-refractivity contribution in [3.63, 3.8) is 0 Å². The summed E-state index contributed by atoms with van der Waals surface area (Å²) in [6, 6.07) is 18.2. The largest absolute Gasteiger partial charge is 0.321 e. The summed E-state index contributed by atoms with van der Waals surface area (Å²) >= 11 is 6.14. The number of hydrogen-bond donors (Lipinski definition) is 1. The van der Waals surface area contributed by atoms with Crippen molar-refractivity contribution in [3.8, 4) is 0 Å². The van der Waals surface area contributed by atoms with Crippen LogP contribution in [-0.2, 0) is 0 Å². The molecule has 0 atom stereocenters. The standard InChI is InChI=1S/C21H12ClNO3/c22-13-10-16-18(20(25)15-9-5-4-8-14(15)19(16)24)17(11-13)23-21(26)12-6-2-1-3-7-12/h1-11H,(H,23,26). The molecule has 4 nitrogen and oxygen atoms in total. The second kappa shape index (κ2) is 6.24. The molecule has 1 amide bonds. The second-order valence-electron chi connectivity index (χ2n) is 5.90. The zero-order valence-corrected chi connectivity index (χ0v) is 14.2. The number of ketones is 2. The van der Waals surface area contributed by atoms with E-state index >= 15 is 0 Å². The smallest absolute Gasteiger partial charge is 0.255 e. The van der Waals surface area contributed by atoms with Gasteiger partial charge in [0.2, 0.25) is 0 Å². The van der Waals surface area contributed by atoms with Gasteiger partial charge in [-0.05, 0) is 24.3 Å². The topological polar surface area (TPSA) is 63.2 Å². The van der Waals surface area contributed by atoms with Crippen molar-refractivity contribution in [1.82, 2.24) is 0 Å². The third-order valence-electron chi connectivity index (χ3n) is 4.28. The number of hydrogen-bond acceptors (Lipinski definition) is 3. The molecule has 5 heteroatoms. The highest BCUT2D eigenvalue weighted by molar-refractivity contribution is 6.35. The highest BCUT2D eigenvalue weighted by Gasteiger charge is 2.32. The van der Waals surface area contributed by atoms with E-state index in [1.807, 2.05) is 0 Å². The van der Waals surface area contributed by atoms with Crippen LogP contribution in [0.3, 0.4) is 0 Å². The van der Waals surface area contributed by atoms with E-state index in [2.05, 4.69) is 5.32 Å². The number of halogens is 1. The number of carbonyl (C=O) groups is 3. The van der Waals surface area contributed by atoms with E-state index in [4.69, 9.17) is 11.6 Å². The van der Waals surface area contributed by atoms with Crippen molar-refractivity contribution in [3.05, 3.63) is 99.6 Å². The fraction of sp³-hybridized carbons (Fsp3) is 0. The number of benzene rings is 3. The molecule has 0 aromatic heterocycles. The Bertz CT molecular complexity index is 1070. The Labute approximate surface area is 154 Å². The number of fused-ring (bicyclic) bond motifs is 2. The molecule has 26 heavy (non-hydrogen) atoms. The molecule has 0 saturated carbocycles. The predicted molar refractivity (Wildman–Crippen MR) is 99.2 cm³/mol. The van der Waals surface area contributed by atoms with Crippen LogP contribution in [0.15, 0.2) is 66.7 Å². The van der Waals surface area contributed by atoms with Crippen LogP contribution < -0.4 is 5.32 Å². The summed E-state index contributed by atoms with van der Waals surface area (Å²) in [6.45, 7) is 0. The summed E-state index contributed by atoms with van der Waals surface area (Å²) in [5.74, 6) is -0.975. The summed E-state index contributed by atoms with van der Waals surface area (Å²) in [4.78, 5) is 38.2. The molecule has 0 heterocycles. The van der Waals surface area contributed by atoms with E-state index < -0.39 is 0 Å². The first-order valence-corrected chi connectivity index (χ1v) is 8.32. The molecule has 0 radical (unpaired) electrons. The minimum Gasteiger partial charge on any atom is -0.321 e. The first kappa shape index (κ1) is 16.2. The fourth-order valence-electron chi connectivity index (χ4n) is 3.07. The molecule has 126 valence electrons. The summed E-state index contributed by atoms with van der Waals surface area (Å²) in [5.41, 5.74) is 1.70. The Morgan fingerprint density at radius 2 is 1.38 bits per heavy atom. The maximum atomic E-state index is 13.0.